The number of nitrogens with one attached hydrogen (secondary N) is 2. The van der Waals surface area contributed by atoms with Crippen LogP contribution in [-0.2, 0) is 11.3 Å². The van der Waals surface area contributed by atoms with E-state index >= 15 is 0 Å². The first-order valence-electron chi connectivity index (χ1n) is 7.24. The maximum absolute atomic E-state index is 12.2. The van der Waals surface area contributed by atoms with E-state index in [1.54, 1.807) is 6.33 Å². The smallest absolute Gasteiger partial charge is 0.243 e. The molecule has 0 radical (unpaired) electrons. The van der Waals surface area contributed by atoms with Crippen LogP contribution in [0.15, 0.2) is 12.5 Å². The number of hydrogen-bond donors (Lipinski definition) is 2. The van der Waals surface area contributed by atoms with E-state index in [4.69, 9.17) is 0 Å². The number of nitrogens with zero attached hydrogens (tertiary/aromatic N) is 2. The van der Waals surface area contributed by atoms with Crippen molar-refractivity contribution in [2.45, 2.75) is 59.7 Å². The molecule has 5 heteroatoms. The summed E-state index contributed by atoms with van der Waals surface area (Å²) in [5.41, 5.74) is 0.810. The molecular formula is C15H28N4O. The first-order valence-corrected chi connectivity index (χ1v) is 7.24. The van der Waals surface area contributed by atoms with Crippen molar-refractivity contribution in [3.63, 3.8) is 0 Å². The van der Waals surface area contributed by atoms with Gasteiger partial charge in [0.1, 0.15) is 6.04 Å². The molecule has 0 spiro atoms. The van der Waals surface area contributed by atoms with E-state index in [2.05, 4.69) is 29.5 Å². The Kier molecular flexibility index (Phi) is 5.74. The molecule has 1 amide bonds. The lowest BCUT2D eigenvalue weighted by Crippen LogP contribution is -2.44. The van der Waals surface area contributed by atoms with Crippen LogP contribution in [0.25, 0.3) is 0 Å². The fourth-order valence-corrected chi connectivity index (χ4v) is 1.91. The third kappa shape index (κ3) is 5.33. The molecule has 0 aliphatic heterocycles. The molecule has 0 aromatic carbocycles. The molecular weight excluding hydrogens is 252 g/mol. The minimum absolute atomic E-state index is 0.0145. The molecule has 0 saturated carbocycles. The predicted octanol–water partition coefficient (Wildman–Crippen LogP) is 2.10. The van der Waals surface area contributed by atoms with Gasteiger partial charge in [0.25, 0.3) is 0 Å². The topological polar surface area (TPSA) is 59.0 Å². The van der Waals surface area contributed by atoms with Crippen LogP contribution in [0.4, 0.5) is 0 Å². The number of imidazole rings is 1. The van der Waals surface area contributed by atoms with E-state index in [0.29, 0.717) is 5.92 Å². The van der Waals surface area contributed by atoms with Crippen LogP contribution >= 0.6 is 0 Å². The summed E-state index contributed by atoms with van der Waals surface area (Å²) in [6.07, 6.45) is 3.54. The highest BCUT2D eigenvalue weighted by Gasteiger charge is 2.21. The number of carbonyl (C=O) groups is 1. The zero-order valence-corrected chi connectivity index (χ0v) is 13.5. The summed E-state index contributed by atoms with van der Waals surface area (Å²) in [7, 11) is 0. The first-order chi connectivity index (χ1) is 9.20. The molecule has 114 valence electrons. The highest BCUT2D eigenvalue weighted by molar-refractivity contribution is 5.80. The van der Waals surface area contributed by atoms with Crippen molar-refractivity contribution in [3.8, 4) is 0 Å². The van der Waals surface area contributed by atoms with Gasteiger partial charge in [0.2, 0.25) is 5.91 Å². The number of carbonyl (C=O) groups excluding carboxylic acids is 1. The molecule has 0 aliphatic carbocycles. The molecule has 0 aliphatic rings. The van der Waals surface area contributed by atoms with E-state index in [1.165, 1.54) is 0 Å². The zero-order chi connectivity index (χ0) is 15.3. The molecule has 1 atom stereocenters. The summed E-state index contributed by atoms with van der Waals surface area (Å²) in [4.78, 5) is 16.4. The van der Waals surface area contributed by atoms with Gasteiger partial charge in [0, 0.05) is 18.3 Å². The van der Waals surface area contributed by atoms with Crippen LogP contribution < -0.4 is 10.6 Å². The Bertz CT molecular complexity index is 431. The van der Waals surface area contributed by atoms with Gasteiger partial charge in [-0.25, -0.2) is 4.98 Å². The normalized spacial score (nSPS) is 13.6. The predicted molar refractivity (Wildman–Crippen MR) is 81.4 cm³/mol. The van der Waals surface area contributed by atoms with Crippen molar-refractivity contribution < 1.29 is 4.79 Å². The van der Waals surface area contributed by atoms with Crippen molar-refractivity contribution in [3.05, 3.63) is 18.2 Å². The molecule has 1 aromatic heterocycles. The third-order valence-corrected chi connectivity index (χ3v) is 2.90. The number of rotatable bonds is 6. The Morgan fingerprint density at radius 1 is 1.35 bits per heavy atom. The fourth-order valence-electron chi connectivity index (χ4n) is 1.91. The number of amides is 1. The average molecular weight is 280 g/mol. The highest BCUT2D eigenvalue weighted by atomic mass is 16.2. The van der Waals surface area contributed by atoms with Crippen LogP contribution in [0.1, 0.15) is 53.3 Å². The Hall–Kier alpha value is -1.36. The SMILES string of the molecule is CC(C)CNCc1cncn1C(C)C(=O)NC(C)(C)C. The van der Waals surface area contributed by atoms with Crippen molar-refractivity contribution >= 4 is 5.91 Å². The first kappa shape index (κ1) is 16.7. The second kappa shape index (κ2) is 6.88. The monoisotopic (exact) mass is 280 g/mol. The van der Waals surface area contributed by atoms with Gasteiger partial charge < -0.3 is 15.2 Å². The van der Waals surface area contributed by atoms with E-state index in [1.807, 2.05) is 38.5 Å². The fraction of sp³-hybridized carbons (Fsp3) is 0.733. The highest BCUT2D eigenvalue weighted by Crippen LogP contribution is 2.12. The van der Waals surface area contributed by atoms with E-state index < -0.39 is 0 Å². The molecule has 20 heavy (non-hydrogen) atoms. The average Bonchev–Trinajstić information content (AvgIpc) is 2.73. The molecule has 1 heterocycles. The Balaban J connectivity index is 2.67. The van der Waals surface area contributed by atoms with E-state index in [9.17, 15) is 4.79 Å². The third-order valence-electron chi connectivity index (χ3n) is 2.90. The van der Waals surface area contributed by atoms with Crippen LogP contribution in [0.5, 0.6) is 0 Å². The van der Waals surface area contributed by atoms with Gasteiger partial charge in [-0.2, -0.15) is 0 Å². The van der Waals surface area contributed by atoms with Crippen LogP contribution in [0.2, 0.25) is 0 Å². The quantitative estimate of drug-likeness (QED) is 0.839. The number of aromatic nitrogens is 2. The largest absolute Gasteiger partial charge is 0.350 e. The van der Waals surface area contributed by atoms with Crippen molar-refractivity contribution in [2.24, 2.45) is 5.92 Å². The van der Waals surface area contributed by atoms with Gasteiger partial charge in [0.15, 0.2) is 0 Å². The lowest BCUT2D eigenvalue weighted by Gasteiger charge is -2.24. The summed E-state index contributed by atoms with van der Waals surface area (Å²) in [6, 6.07) is -0.257. The van der Waals surface area contributed by atoms with Gasteiger partial charge in [-0.15, -0.1) is 0 Å². The Labute approximate surface area is 122 Å². The van der Waals surface area contributed by atoms with Gasteiger partial charge in [-0.3, -0.25) is 4.79 Å². The minimum Gasteiger partial charge on any atom is -0.350 e. The maximum Gasteiger partial charge on any atom is 0.243 e. The molecule has 0 saturated heterocycles. The van der Waals surface area contributed by atoms with E-state index in [-0.39, 0.29) is 17.5 Å². The molecule has 0 bridgehead atoms. The lowest BCUT2D eigenvalue weighted by molar-refractivity contribution is -0.125. The zero-order valence-electron chi connectivity index (χ0n) is 13.5. The molecule has 5 nitrogen and oxygen atoms in total. The van der Waals surface area contributed by atoms with Gasteiger partial charge in [-0.1, -0.05) is 13.8 Å². The molecule has 1 unspecified atom stereocenters. The van der Waals surface area contributed by atoms with Gasteiger partial charge in [0.05, 0.1) is 12.0 Å². The summed E-state index contributed by atoms with van der Waals surface area (Å²) in [5.74, 6) is 0.619. The Morgan fingerprint density at radius 3 is 2.55 bits per heavy atom. The van der Waals surface area contributed by atoms with Gasteiger partial charge in [-0.05, 0) is 40.2 Å². The molecule has 1 rings (SSSR count). The second-order valence-corrected chi connectivity index (χ2v) is 6.73. The second-order valence-electron chi connectivity index (χ2n) is 6.73. The number of hydrogen-bond acceptors (Lipinski definition) is 3. The van der Waals surface area contributed by atoms with Crippen LogP contribution in [0, 0.1) is 5.92 Å². The minimum atomic E-state index is -0.257. The summed E-state index contributed by atoms with van der Waals surface area (Å²) in [5, 5.41) is 6.38. The van der Waals surface area contributed by atoms with Crippen molar-refractivity contribution in [1.29, 1.82) is 0 Å². The lowest BCUT2D eigenvalue weighted by atomic mass is 10.1. The molecule has 0 fully saturated rings. The van der Waals surface area contributed by atoms with E-state index in [0.717, 1.165) is 18.8 Å². The summed E-state index contributed by atoms with van der Waals surface area (Å²) >= 11 is 0. The van der Waals surface area contributed by atoms with Crippen molar-refractivity contribution in [1.82, 2.24) is 20.2 Å². The standard InChI is InChI=1S/C15H28N4O/c1-11(2)7-16-8-13-9-17-10-19(13)12(3)14(20)18-15(4,5)6/h9-12,16H,7-8H2,1-6H3,(H,18,20). The van der Waals surface area contributed by atoms with Crippen molar-refractivity contribution in [2.75, 3.05) is 6.54 Å². The van der Waals surface area contributed by atoms with Crippen LogP contribution in [-0.4, -0.2) is 27.5 Å². The molecule has 2 N–H and O–H groups in total. The van der Waals surface area contributed by atoms with Crippen LogP contribution in [0.3, 0.4) is 0 Å². The molecule has 1 aromatic rings. The summed E-state index contributed by atoms with van der Waals surface area (Å²) < 4.78 is 1.92. The summed E-state index contributed by atoms with van der Waals surface area (Å²) in [6.45, 7) is 13.9. The Morgan fingerprint density at radius 2 is 2.00 bits per heavy atom. The van der Waals surface area contributed by atoms with Gasteiger partial charge >= 0.3 is 0 Å². The maximum atomic E-state index is 12.2.